The maximum Gasteiger partial charge on any atom is 0.328 e. The highest BCUT2D eigenvalue weighted by Gasteiger charge is 2.24. The molecule has 0 bridgehead atoms. The molecule has 2 heterocycles. The van der Waals surface area contributed by atoms with E-state index in [1.165, 1.54) is 28.5 Å². The number of carbonyl (C=O) groups excluding carboxylic acids is 1. The van der Waals surface area contributed by atoms with E-state index < -0.39 is 5.97 Å². The van der Waals surface area contributed by atoms with Crippen LogP contribution < -0.4 is 0 Å². The SMILES string of the molecule is O=C(O)C=Cc1cc(C(=O)N2Cc3ccccc3C2)cs1. The smallest absolute Gasteiger partial charge is 0.328 e. The molecule has 0 saturated heterocycles. The third-order valence-corrected chi connectivity index (χ3v) is 4.28. The van der Waals surface area contributed by atoms with Gasteiger partial charge in [0.05, 0.1) is 5.56 Å². The van der Waals surface area contributed by atoms with Crippen LogP contribution in [-0.2, 0) is 17.9 Å². The Bertz CT molecular complexity index is 708. The molecule has 3 rings (SSSR count). The largest absolute Gasteiger partial charge is 0.478 e. The summed E-state index contributed by atoms with van der Waals surface area (Å²) in [5.74, 6) is -1.01. The van der Waals surface area contributed by atoms with E-state index in [9.17, 15) is 9.59 Å². The summed E-state index contributed by atoms with van der Waals surface area (Å²) in [6.45, 7) is 1.26. The van der Waals surface area contributed by atoms with Gasteiger partial charge in [-0.15, -0.1) is 11.3 Å². The first kappa shape index (κ1) is 13.6. The number of carbonyl (C=O) groups is 2. The maximum atomic E-state index is 12.5. The highest BCUT2D eigenvalue weighted by Crippen LogP contribution is 2.25. The van der Waals surface area contributed by atoms with Crippen LogP contribution in [0.2, 0.25) is 0 Å². The maximum absolute atomic E-state index is 12.5. The lowest BCUT2D eigenvalue weighted by Gasteiger charge is -2.14. The van der Waals surface area contributed by atoms with Crippen LogP contribution in [0.3, 0.4) is 0 Å². The van der Waals surface area contributed by atoms with E-state index in [2.05, 4.69) is 0 Å². The Balaban J connectivity index is 1.74. The molecule has 1 amide bonds. The van der Waals surface area contributed by atoms with Gasteiger partial charge < -0.3 is 10.0 Å². The lowest BCUT2D eigenvalue weighted by molar-refractivity contribution is -0.131. The molecule has 21 heavy (non-hydrogen) atoms. The first-order valence-corrected chi connectivity index (χ1v) is 7.37. The molecule has 0 spiro atoms. The molecule has 1 aliphatic rings. The van der Waals surface area contributed by atoms with Crippen LogP contribution in [0.5, 0.6) is 0 Å². The van der Waals surface area contributed by atoms with Crippen molar-refractivity contribution >= 4 is 29.3 Å². The topological polar surface area (TPSA) is 57.6 Å². The van der Waals surface area contributed by atoms with E-state index in [0.29, 0.717) is 18.7 Å². The first-order chi connectivity index (χ1) is 10.1. The van der Waals surface area contributed by atoms with Crippen molar-refractivity contribution in [3.05, 3.63) is 63.4 Å². The van der Waals surface area contributed by atoms with Gasteiger partial charge >= 0.3 is 5.97 Å². The van der Waals surface area contributed by atoms with Crippen LogP contribution in [0.1, 0.15) is 26.4 Å². The van der Waals surface area contributed by atoms with Gasteiger partial charge in [0.15, 0.2) is 0 Å². The fourth-order valence-corrected chi connectivity index (χ4v) is 3.14. The van der Waals surface area contributed by atoms with Crippen LogP contribution in [-0.4, -0.2) is 21.9 Å². The number of thiophene rings is 1. The van der Waals surface area contributed by atoms with Gasteiger partial charge in [-0.2, -0.15) is 0 Å². The monoisotopic (exact) mass is 299 g/mol. The second kappa shape index (κ2) is 5.54. The lowest BCUT2D eigenvalue weighted by Crippen LogP contribution is -2.24. The van der Waals surface area contributed by atoms with Crippen molar-refractivity contribution < 1.29 is 14.7 Å². The highest BCUT2D eigenvalue weighted by atomic mass is 32.1. The van der Waals surface area contributed by atoms with Gasteiger partial charge in [0.1, 0.15) is 0 Å². The number of benzene rings is 1. The summed E-state index contributed by atoms with van der Waals surface area (Å²) in [6, 6.07) is 9.77. The molecule has 0 atom stereocenters. The van der Waals surface area contributed by atoms with Crippen molar-refractivity contribution in [3.63, 3.8) is 0 Å². The molecule has 0 saturated carbocycles. The Hall–Kier alpha value is -2.40. The van der Waals surface area contributed by atoms with E-state index in [0.717, 1.165) is 11.0 Å². The molecule has 0 unspecified atom stereocenters. The number of hydrogen-bond acceptors (Lipinski definition) is 3. The minimum Gasteiger partial charge on any atom is -0.478 e. The minimum absolute atomic E-state index is 0.0163. The summed E-state index contributed by atoms with van der Waals surface area (Å²) in [5.41, 5.74) is 2.98. The van der Waals surface area contributed by atoms with Crippen LogP contribution >= 0.6 is 11.3 Å². The third-order valence-electron chi connectivity index (χ3n) is 3.38. The molecule has 2 aromatic rings. The molecular formula is C16H13NO3S. The van der Waals surface area contributed by atoms with E-state index >= 15 is 0 Å². The lowest BCUT2D eigenvalue weighted by atomic mass is 10.1. The van der Waals surface area contributed by atoms with Gasteiger partial charge in [-0.3, -0.25) is 4.79 Å². The van der Waals surface area contributed by atoms with Crippen LogP contribution in [0, 0.1) is 0 Å². The van der Waals surface area contributed by atoms with Crippen molar-refractivity contribution in [2.75, 3.05) is 0 Å². The standard InChI is InChI=1S/C16H13NO3S/c18-15(19)6-5-14-7-13(10-21-14)16(20)17-8-11-3-1-2-4-12(11)9-17/h1-7,10H,8-9H2,(H,18,19). The summed E-state index contributed by atoms with van der Waals surface area (Å²) >= 11 is 1.36. The average Bonchev–Trinajstić information content (AvgIpc) is 3.11. The van der Waals surface area contributed by atoms with Crippen LogP contribution in [0.15, 0.2) is 41.8 Å². The van der Waals surface area contributed by atoms with Crippen LogP contribution in [0.25, 0.3) is 6.08 Å². The normalized spacial score (nSPS) is 13.6. The van der Waals surface area contributed by atoms with Crippen molar-refractivity contribution in [3.8, 4) is 0 Å². The average molecular weight is 299 g/mol. The number of carboxylic acid groups (broad SMARTS) is 1. The molecule has 0 radical (unpaired) electrons. The van der Waals surface area contributed by atoms with Gasteiger partial charge in [0.2, 0.25) is 0 Å². The Morgan fingerprint density at radius 3 is 2.48 bits per heavy atom. The fourth-order valence-electron chi connectivity index (χ4n) is 2.37. The summed E-state index contributed by atoms with van der Waals surface area (Å²) in [7, 11) is 0. The number of nitrogens with zero attached hydrogens (tertiary/aromatic N) is 1. The van der Waals surface area contributed by atoms with Gasteiger partial charge in [0, 0.05) is 29.4 Å². The van der Waals surface area contributed by atoms with E-state index in [1.807, 2.05) is 24.3 Å². The molecule has 0 aliphatic carbocycles. The number of amides is 1. The minimum atomic E-state index is -0.994. The van der Waals surface area contributed by atoms with Gasteiger partial charge in [0.25, 0.3) is 5.91 Å². The van der Waals surface area contributed by atoms with Crippen LogP contribution in [0.4, 0.5) is 0 Å². The molecule has 1 aliphatic heterocycles. The number of rotatable bonds is 3. The number of aliphatic carboxylic acids is 1. The van der Waals surface area contributed by atoms with Gasteiger partial charge in [-0.05, 0) is 23.3 Å². The first-order valence-electron chi connectivity index (χ1n) is 6.49. The summed E-state index contributed by atoms with van der Waals surface area (Å²) < 4.78 is 0. The predicted molar refractivity (Wildman–Crippen MR) is 81.0 cm³/mol. The second-order valence-corrected chi connectivity index (χ2v) is 5.78. The van der Waals surface area contributed by atoms with Crippen molar-refractivity contribution in [2.24, 2.45) is 0 Å². The quantitative estimate of drug-likeness (QED) is 0.886. The van der Waals surface area contributed by atoms with Gasteiger partial charge in [-0.25, -0.2) is 4.79 Å². The Labute approximate surface area is 126 Å². The zero-order chi connectivity index (χ0) is 14.8. The van der Waals surface area contributed by atoms with E-state index in [1.54, 1.807) is 16.3 Å². The Kier molecular flexibility index (Phi) is 3.58. The molecule has 1 N–H and O–H groups in total. The molecule has 0 fully saturated rings. The predicted octanol–water partition coefficient (Wildman–Crippen LogP) is 3.00. The van der Waals surface area contributed by atoms with E-state index in [-0.39, 0.29) is 5.91 Å². The molecule has 1 aromatic heterocycles. The molecular weight excluding hydrogens is 286 g/mol. The van der Waals surface area contributed by atoms with Crippen molar-refractivity contribution in [1.82, 2.24) is 4.90 Å². The fraction of sp³-hybridized carbons (Fsp3) is 0.125. The van der Waals surface area contributed by atoms with Crippen molar-refractivity contribution in [2.45, 2.75) is 13.1 Å². The summed E-state index contributed by atoms with van der Waals surface area (Å²) in [6.07, 6.45) is 2.58. The zero-order valence-electron chi connectivity index (χ0n) is 11.2. The summed E-state index contributed by atoms with van der Waals surface area (Å²) in [5, 5.41) is 10.4. The third kappa shape index (κ3) is 2.87. The Morgan fingerprint density at radius 2 is 1.86 bits per heavy atom. The summed E-state index contributed by atoms with van der Waals surface area (Å²) in [4.78, 5) is 25.5. The second-order valence-electron chi connectivity index (χ2n) is 4.84. The van der Waals surface area contributed by atoms with E-state index in [4.69, 9.17) is 5.11 Å². The zero-order valence-corrected chi connectivity index (χ0v) is 12.0. The molecule has 1 aromatic carbocycles. The number of carboxylic acids is 1. The molecule has 5 heteroatoms. The van der Waals surface area contributed by atoms with Crippen molar-refractivity contribution in [1.29, 1.82) is 0 Å². The molecule has 4 nitrogen and oxygen atoms in total. The van der Waals surface area contributed by atoms with Gasteiger partial charge in [-0.1, -0.05) is 24.3 Å². The highest BCUT2D eigenvalue weighted by molar-refractivity contribution is 7.11. The Morgan fingerprint density at radius 1 is 1.19 bits per heavy atom. The number of hydrogen-bond donors (Lipinski definition) is 1. The number of fused-ring (bicyclic) bond motifs is 1. The molecule has 106 valence electrons.